The summed E-state index contributed by atoms with van der Waals surface area (Å²) in [6.07, 6.45) is 2.36. The first-order valence-electron chi connectivity index (χ1n) is 11.0. The van der Waals surface area contributed by atoms with E-state index in [0.717, 1.165) is 22.0 Å². The van der Waals surface area contributed by atoms with Crippen molar-refractivity contribution in [2.24, 2.45) is 0 Å². The molecule has 0 bridgehead atoms. The predicted molar refractivity (Wildman–Crippen MR) is 131 cm³/mol. The van der Waals surface area contributed by atoms with Crippen LogP contribution in [-0.2, 0) is 4.74 Å². The zero-order valence-corrected chi connectivity index (χ0v) is 19.6. The Labute approximate surface area is 202 Å². The van der Waals surface area contributed by atoms with Crippen molar-refractivity contribution in [3.8, 4) is 23.1 Å². The van der Waals surface area contributed by atoms with Crippen LogP contribution in [0.2, 0.25) is 0 Å². The Morgan fingerprint density at radius 1 is 1.09 bits per heavy atom. The smallest absolute Gasteiger partial charge is 0.407 e. The number of alkyl carbamates (subject to hydrolysis) is 1. The molecular weight excluding hydrogens is 446 g/mol. The molecule has 35 heavy (non-hydrogen) atoms. The molecule has 0 fully saturated rings. The second-order valence-corrected chi connectivity index (χ2v) is 8.66. The standard InChI is InChI=1S/C25H25N7O3/c1-25(2,3)35-24(33)27-8-9-34-21-11-17-7-5-4-6-16(17)10-19(21)20-12-22(32-31-20)30-23-15-28-18(13-26)14-29-23/h4-7,10-12,14-15H,8-9H2,1-3H3,(H,27,33)(H2,29,30,31,32). The molecule has 10 heteroatoms. The number of carbonyl (C=O) groups is 1. The third-order valence-electron chi connectivity index (χ3n) is 4.77. The van der Waals surface area contributed by atoms with E-state index >= 15 is 0 Å². The monoisotopic (exact) mass is 471 g/mol. The summed E-state index contributed by atoms with van der Waals surface area (Å²) >= 11 is 0. The van der Waals surface area contributed by atoms with Gasteiger partial charge in [-0.05, 0) is 43.7 Å². The van der Waals surface area contributed by atoms with Crippen LogP contribution in [0.5, 0.6) is 5.75 Å². The largest absolute Gasteiger partial charge is 0.491 e. The van der Waals surface area contributed by atoms with Gasteiger partial charge in [0.15, 0.2) is 11.5 Å². The minimum Gasteiger partial charge on any atom is -0.491 e. The zero-order valence-electron chi connectivity index (χ0n) is 19.6. The molecule has 3 N–H and O–H groups in total. The fourth-order valence-electron chi connectivity index (χ4n) is 3.28. The molecule has 2 heterocycles. The summed E-state index contributed by atoms with van der Waals surface area (Å²) < 4.78 is 11.3. The first-order chi connectivity index (χ1) is 16.8. The molecule has 2 aromatic heterocycles. The van der Waals surface area contributed by atoms with Crippen molar-refractivity contribution in [3.63, 3.8) is 0 Å². The maximum absolute atomic E-state index is 11.9. The SMILES string of the molecule is CC(C)(C)OC(=O)NCCOc1cc2ccccc2cc1-c1cc(Nc2cnc(C#N)cn2)n[nH]1. The second kappa shape index (κ2) is 10.1. The van der Waals surface area contributed by atoms with Crippen LogP contribution in [0.1, 0.15) is 26.5 Å². The van der Waals surface area contributed by atoms with Gasteiger partial charge < -0.3 is 20.1 Å². The Kier molecular flexibility index (Phi) is 6.78. The number of H-pyrrole nitrogens is 1. The molecule has 0 unspecified atom stereocenters. The van der Waals surface area contributed by atoms with Gasteiger partial charge in [-0.2, -0.15) is 10.4 Å². The van der Waals surface area contributed by atoms with Crippen molar-refractivity contribution in [3.05, 3.63) is 60.6 Å². The lowest BCUT2D eigenvalue weighted by molar-refractivity contribution is 0.0520. The molecule has 2 aromatic carbocycles. The van der Waals surface area contributed by atoms with Crippen LogP contribution in [0, 0.1) is 11.3 Å². The van der Waals surface area contributed by atoms with Crippen LogP contribution in [0.25, 0.3) is 22.0 Å². The Morgan fingerprint density at radius 2 is 1.86 bits per heavy atom. The number of fused-ring (bicyclic) bond motifs is 1. The Hall–Kier alpha value is -4.65. The number of aromatic nitrogens is 4. The highest BCUT2D eigenvalue weighted by Gasteiger charge is 2.16. The van der Waals surface area contributed by atoms with Crippen molar-refractivity contribution in [1.82, 2.24) is 25.5 Å². The van der Waals surface area contributed by atoms with Crippen molar-refractivity contribution in [2.75, 3.05) is 18.5 Å². The number of hydrogen-bond acceptors (Lipinski definition) is 8. The van der Waals surface area contributed by atoms with Crippen molar-refractivity contribution < 1.29 is 14.3 Å². The summed E-state index contributed by atoms with van der Waals surface area (Å²) in [4.78, 5) is 20.0. The maximum atomic E-state index is 11.9. The third kappa shape index (κ3) is 6.23. The molecule has 0 radical (unpaired) electrons. The fourth-order valence-corrected chi connectivity index (χ4v) is 3.28. The fraction of sp³-hybridized carbons (Fsp3) is 0.240. The number of anilines is 2. The molecule has 0 aliphatic rings. The van der Waals surface area contributed by atoms with E-state index in [0.29, 0.717) is 17.4 Å². The summed E-state index contributed by atoms with van der Waals surface area (Å²) in [6.45, 7) is 5.97. The van der Waals surface area contributed by atoms with E-state index in [4.69, 9.17) is 14.7 Å². The van der Waals surface area contributed by atoms with Crippen LogP contribution in [0.4, 0.5) is 16.4 Å². The van der Waals surface area contributed by atoms with Gasteiger partial charge in [0.2, 0.25) is 0 Å². The minimum absolute atomic E-state index is 0.234. The summed E-state index contributed by atoms with van der Waals surface area (Å²) in [6, 6.07) is 15.7. The lowest BCUT2D eigenvalue weighted by Crippen LogP contribution is -2.34. The van der Waals surface area contributed by atoms with E-state index in [2.05, 4.69) is 30.8 Å². The van der Waals surface area contributed by atoms with Gasteiger partial charge in [0.1, 0.15) is 29.8 Å². The van der Waals surface area contributed by atoms with E-state index in [9.17, 15) is 4.79 Å². The van der Waals surface area contributed by atoms with Crippen LogP contribution < -0.4 is 15.4 Å². The van der Waals surface area contributed by atoms with Crippen molar-refractivity contribution >= 4 is 28.5 Å². The molecule has 0 saturated carbocycles. The van der Waals surface area contributed by atoms with Crippen LogP contribution >= 0.6 is 0 Å². The van der Waals surface area contributed by atoms with Crippen LogP contribution in [0.3, 0.4) is 0 Å². The maximum Gasteiger partial charge on any atom is 0.407 e. The normalized spacial score (nSPS) is 11.0. The molecule has 10 nitrogen and oxygen atoms in total. The van der Waals surface area contributed by atoms with Gasteiger partial charge >= 0.3 is 6.09 Å². The Balaban J connectivity index is 1.51. The van der Waals surface area contributed by atoms with Gasteiger partial charge in [-0.1, -0.05) is 24.3 Å². The highest BCUT2D eigenvalue weighted by atomic mass is 16.6. The molecule has 178 valence electrons. The highest BCUT2D eigenvalue weighted by Crippen LogP contribution is 2.34. The average molecular weight is 472 g/mol. The van der Waals surface area contributed by atoms with E-state index in [1.54, 1.807) is 0 Å². The molecular formula is C25H25N7O3. The first kappa shape index (κ1) is 23.5. The molecule has 0 aliphatic carbocycles. The molecule has 0 aliphatic heterocycles. The number of ether oxygens (including phenoxy) is 2. The molecule has 4 aromatic rings. The number of benzene rings is 2. The van der Waals surface area contributed by atoms with E-state index in [-0.39, 0.29) is 18.8 Å². The summed E-state index contributed by atoms with van der Waals surface area (Å²) in [7, 11) is 0. The van der Waals surface area contributed by atoms with Crippen LogP contribution in [0.15, 0.2) is 54.9 Å². The number of hydrogen-bond donors (Lipinski definition) is 3. The van der Waals surface area contributed by atoms with Crippen molar-refractivity contribution in [2.45, 2.75) is 26.4 Å². The quantitative estimate of drug-likeness (QED) is 0.334. The summed E-state index contributed by atoms with van der Waals surface area (Å²) in [5.41, 5.74) is 1.21. The second-order valence-electron chi connectivity index (χ2n) is 8.66. The zero-order chi connectivity index (χ0) is 24.8. The number of nitriles is 1. The summed E-state index contributed by atoms with van der Waals surface area (Å²) in [5.74, 6) is 1.64. The molecule has 1 amide bonds. The van der Waals surface area contributed by atoms with Crippen LogP contribution in [-0.4, -0.2) is 45.0 Å². The molecule has 4 rings (SSSR count). The molecule has 0 saturated heterocycles. The Bertz CT molecular complexity index is 1370. The molecule has 0 atom stereocenters. The van der Waals surface area contributed by atoms with Gasteiger partial charge in [-0.3, -0.25) is 5.10 Å². The van der Waals surface area contributed by atoms with Gasteiger partial charge in [0, 0.05) is 11.6 Å². The average Bonchev–Trinajstić information content (AvgIpc) is 3.29. The minimum atomic E-state index is -0.563. The lowest BCUT2D eigenvalue weighted by Gasteiger charge is -2.19. The molecule has 0 spiro atoms. The van der Waals surface area contributed by atoms with Gasteiger partial charge in [0.05, 0.1) is 24.6 Å². The van der Waals surface area contributed by atoms with Gasteiger partial charge in [-0.15, -0.1) is 0 Å². The number of aromatic amines is 1. The van der Waals surface area contributed by atoms with E-state index < -0.39 is 11.7 Å². The number of carbonyl (C=O) groups excluding carboxylic acids is 1. The summed E-state index contributed by atoms with van der Waals surface area (Å²) in [5, 5.41) is 24.0. The highest BCUT2D eigenvalue weighted by molar-refractivity contribution is 5.90. The van der Waals surface area contributed by atoms with Gasteiger partial charge in [0.25, 0.3) is 0 Å². The predicted octanol–water partition coefficient (Wildman–Crippen LogP) is 4.54. The topological polar surface area (TPSA) is 138 Å². The number of nitrogens with one attached hydrogen (secondary N) is 3. The Morgan fingerprint density at radius 3 is 2.54 bits per heavy atom. The number of nitrogens with zero attached hydrogens (tertiary/aromatic N) is 4. The number of amides is 1. The van der Waals surface area contributed by atoms with Gasteiger partial charge in [-0.25, -0.2) is 14.8 Å². The third-order valence-corrected chi connectivity index (χ3v) is 4.77. The van der Waals surface area contributed by atoms with E-state index in [1.165, 1.54) is 12.4 Å². The first-order valence-corrected chi connectivity index (χ1v) is 11.0. The van der Waals surface area contributed by atoms with E-state index in [1.807, 2.05) is 69.3 Å². The lowest BCUT2D eigenvalue weighted by atomic mass is 10.0. The number of rotatable bonds is 7. The van der Waals surface area contributed by atoms with Crippen molar-refractivity contribution in [1.29, 1.82) is 5.26 Å².